The van der Waals surface area contributed by atoms with E-state index in [9.17, 15) is 4.79 Å². The molecule has 0 aromatic carbocycles. The molecule has 0 bridgehead atoms. The van der Waals surface area contributed by atoms with Crippen molar-refractivity contribution in [1.29, 1.82) is 0 Å². The molecule has 0 aliphatic heterocycles. The minimum atomic E-state index is -0.170. The average Bonchev–Trinajstić information content (AvgIpc) is 2.17. The molecule has 0 aliphatic rings. The highest BCUT2D eigenvalue weighted by atomic mass is 16.1. The maximum atomic E-state index is 11.2. The number of rotatable bonds is 5. The van der Waals surface area contributed by atoms with Gasteiger partial charge in [0.2, 0.25) is 0 Å². The highest BCUT2D eigenvalue weighted by molar-refractivity contribution is 4.81. The van der Waals surface area contributed by atoms with Crippen LogP contribution in [0.3, 0.4) is 0 Å². The first-order valence-corrected chi connectivity index (χ1v) is 4.99. The van der Waals surface area contributed by atoms with E-state index in [0.29, 0.717) is 6.04 Å². The van der Waals surface area contributed by atoms with Crippen LogP contribution in [0.15, 0.2) is 23.3 Å². The Hall–Kier alpha value is -1.16. The lowest BCUT2D eigenvalue weighted by atomic mass is 10.2. The van der Waals surface area contributed by atoms with Gasteiger partial charge in [0.15, 0.2) is 0 Å². The summed E-state index contributed by atoms with van der Waals surface area (Å²) in [5.74, 6) is 0. The van der Waals surface area contributed by atoms with Crippen LogP contribution >= 0.6 is 0 Å². The van der Waals surface area contributed by atoms with Crippen molar-refractivity contribution in [3.63, 3.8) is 0 Å². The fourth-order valence-electron chi connectivity index (χ4n) is 1.34. The molecule has 0 saturated carbocycles. The van der Waals surface area contributed by atoms with Gasteiger partial charge in [-0.1, -0.05) is 6.92 Å². The number of hydrogen-bond donors (Lipinski definition) is 1. The average molecular weight is 195 g/mol. The van der Waals surface area contributed by atoms with E-state index in [1.54, 1.807) is 16.8 Å². The molecular formula is C10H17N3O. The van der Waals surface area contributed by atoms with Gasteiger partial charge in [0.25, 0.3) is 0 Å². The SMILES string of the molecule is CCNC(C)CCn1cccnc1=O. The van der Waals surface area contributed by atoms with E-state index in [1.165, 1.54) is 6.20 Å². The predicted octanol–water partition coefficient (Wildman–Crippen LogP) is 0.631. The summed E-state index contributed by atoms with van der Waals surface area (Å²) < 4.78 is 1.63. The van der Waals surface area contributed by atoms with E-state index in [1.807, 2.05) is 0 Å². The molecule has 0 amide bonds. The van der Waals surface area contributed by atoms with Gasteiger partial charge in [0, 0.05) is 25.0 Å². The summed E-state index contributed by atoms with van der Waals surface area (Å²) in [4.78, 5) is 14.9. The summed E-state index contributed by atoms with van der Waals surface area (Å²) in [6.45, 7) is 5.88. The molecule has 1 rings (SSSR count). The van der Waals surface area contributed by atoms with E-state index in [2.05, 4.69) is 24.1 Å². The molecule has 0 spiro atoms. The van der Waals surface area contributed by atoms with Crippen LogP contribution in [0.25, 0.3) is 0 Å². The molecular weight excluding hydrogens is 178 g/mol. The number of hydrogen-bond acceptors (Lipinski definition) is 3. The second-order valence-corrected chi connectivity index (χ2v) is 3.34. The Morgan fingerprint density at radius 3 is 3.07 bits per heavy atom. The molecule has 1 aromatic rings. The molecule has 0 saturated heterocycles. The molecule has 78 valence electrons. The summed E-state index contributed by atoms with van der Waals surface area (Å²) >= 11 is 0. The van der Waals surface area contributed by atoms with Crippen molar-refractivity contribution in [2.45, 2.75) is 32.9 Å². The van der Waals surface area contributed by atoms with E-state index in [0.717, 1.165) is 19.5 Å². The summed E-state index contributed by atoms with van der Waals surface area (Å²) in [5, 5.41) is 3.30. The third-order valence-corrected chi connectivity index (χ3v) is 2.14. The number of aromatic nitrogens is 2. The molecule has 0 fully saturated rings. The Morgan fingerprint density at radius 2 is 2.43 bits per heavy atom. The van der Waals surface area contributed by atoms with Gasteiger partial charge in [0.05, 0.1) is 0 Å². The Kier molecular flexibility index (Phi) is 4.32. The zero-order valence-corrected chi connectivity index (χ0v) is 8.73. The van der Waals surface area contributed by atoms with Gasteiger partial charge in [-0.3, -0.25) is 4.57 Å². The van der Waals surface area contributed by atoms with Gasteiger partial charge in [0.1, 0.15) is 0 Å². The van der Waals surface area contributed by atoms with Crippen molar-refractivity contribution in [2.24, 2.45) is 0 Å². The zero-order valence-electron chi connectivity index (χ0n) is 8.73. The Balaban J connectivity index is 2.46. The first-order chi connectivity index (χ1) is 6.74. The van der Waals surface area contributed by atoms with Crippen molar-refractivity contribution >= 4 is 0 Å². The van der Waals surface area contributed by atoms with Crippen LogP contribution in [0.1, 0.15) is 20.3 Å². The highest BCUT2D eigenvalue weighted by Crippen LogP contribution is 1.92. The molecule has 1 atom stereocenters. The standard InChI is InChI=1S/C10H17N3O/c1-3-11-9(2)5-8-13-7-4-6-12-10(13)14/h4,6-7,9,11H,3,5,8H2,1-2H3. The number of aryl methyl sites for hydroxylation is 1. The third kappa shape index (κ3) is 3.30. The monoisotopic (exact) mass is 195 g/mol. The van der Waals surface area contributed by atoms with Crippen LogP contribution in [0.4, 0.5) is 0 Å². The van der Waals surface area contributed by atoms with Gasteiger partial charge in [-0.2, -0.15) is 0 Å². The van der Waals surface area contributed by atoms with Gasteiger partial charge >= 0.3 is 5.69 Å². The van der Waals surface area contributed by atoms with Gasteiger partial charge < -0.3 is 5.32 Å². The molecule has 0 aliphatic carbocycles. The topological polar surface area (TPSA) is 46.9 Å². The van der Waals surface area contributed by atoms with Crippen molar-refractivity contribution in [2.75, 3.05) is 6.54 Å². The van der Waals surface area contributed by atoms with E-state index >= 15 is 0 Å². The van der Waals surface area contributed by atoms with Crippen LogP contribution in [-0.2, 0) is 6.54 Å². The van der Waals surface area contributed by atoms with Gasteiger partial charge in [-0.05, 0) is 26.0 Å². The maximum Gasteiger partial charge on any atom is 0.347 e. The van der Waals surface area contributed by atoms with E-state index in [-0.39, 0.29) is 5.69 Å². The van der Waals surface area contributed by atoms with Crippen LogP contribution in [0.5, 0.6) is 0 Å². The molecule has 14 heavy (non-hydrogen) atoms. The van der Waals surface area contributed by atoms with E-state index in [4.69, 9.17) is 0 Å². The predicted molar refractivity (Wildman–Crippen MR) is 56.3 cm³/mol. The lowest BCUT2D eigenvalue weighted by Gasteiger charge is -2.12. The quantitative estimate of drug-likeness (QED) is 0.749. The minimum Gasteiger partial charge on any atom is -0.314 e. The second-order valence-electron chi connectivity index (χ2n) is 3.34. The number of nitrogens with one attached hydrogen (secondary N) is 1. The van der Waals surface area contributed by atoms with Crippen LogP contribution in [0.2, 0.25) is 0 Å². The van der Waals surface area contributed by atoms with Crippen molar-refractivity contribution in [3.05, 3.63) is 28.9 Å². The lowest BCUT2D eigenvalue weighted by Crippen LogP contribution is -2.29. The van der Waals surface area contributed by atoms with Crippen LogP contribution in [0, 0.1) is 0 Å². The molecule has 1 N–H and O–H groups in total. The highest BCUT2D eigenvalue weighted by Gasteiger charge is 2.00. The van der Waals surface area contributed by atoms with Gasteiger partial charge in [-0.25, -0.2) is 9.78 Å². The Labute approximate surface area is 84.0 Å². The molecule has 4 heteroatoms. The molecule has 1 aromatic heterocycles. The van der Waals surface area contributed by atoms with E-state index < -0.39 is 0 Å². The zero-order chi connectivity index (χ0) is 10.4. The van der Waals surface area contributed by atoms with Crippen molar-refractivity contribution in [3.8, 4) is 0 Å². The fourth-order valence-corrected chi connectivity index (χ4v) is 1.34. The Bertz CT molecular complexity index is 321. The van der Waals surface area contributed by atoms with Crippen molar-refractivity contribution in [1.82, 2.24) is 14.9 Å². The van der Waals surface area contributed by atoms with Crippen molar-refractivity contribution < 1.29 is 0 Å². The minimum absolute atomic E-state index is 0.170. The van der Waals surface area contributed by atoms with Gasteiger partial charge in [-0.15, -0.1) is 0 Å². The van der Waals surface area contributed by atoms with Crippen LogP contribution in [-0.4, -0.2) is 22.1 Å². The molecule has 1 unspecified atom stereocenters. The lowest BCUT2D eigenvalue weighted by molar-refractivity contribution is 0.478. The summed E-state index contributed by atoms with van der Waals surface area (Å²) in [6.07, 6.45) is 4.24. The largest absolute Gasteiger partial charge is 0.347 e. The van der Waals surface area contributed by atoms with Crippen LogP contribution < -0.4 is 11.0 Å². The summed E-state index contributed by atoms with van der Waals surface area (Å²) in [7, 11) is 0. The maximum absolute atomic E-state index is 11.2. The Morgan fingerprint density at radius 1 is 1.64 bits per heavy atom. The molecule has 0 radical (unpaired) electrons. The third-order valence-electron chi connectivity index (χ3n) is 2.14. The first kappa shape index (κ1) is 10.9. The smallest absolute Gasteiger partial charge is 0.314 e. The normalized spacial score (nSPS) is 12.7. The second kappa shape index (κ2) is 5.54. The summed E-state index contributed by atoms with van der Waals surface area (Å²) in [5.41, 5.74) is -0.170. The fraction of sp³-hybridized carbons (Fsp3) is 0.600. The molecule has 1 heterocycles. The number of nitrogens with zero attached hydrogens (tertiary/aromatic N) is 2. The summed E-state index contributed by atoms with van der Waals surface area (Å²) in [6, 6.07) is 2.21. The molecule has 4 nitrogen and oxygen atoms in total. The first-order valence-electron chi connectivity index (χ1n) is 4.99.